The minimum atomic E-state index is 0.0772. The van der Waals surface area contributed by atoms with Gasteiger partial charge in [-0.3, -0.25) is 0 Å². The number of halogens is 1. The predicted octanol–water partition coefficient (Wildman–Crippen LogP) is 2.56. The fraction of sp³-hybridized carbons (Fsp3) is 0.462. The molecule has 0 radical (unpaired) electrons. The molecule has 0 saturated heterocycles. The van der Waals surface area contributed by atoms with Crippen molar-refractivity contribution in [2.45, 2.75) is 25.8 Å². The van der Waals surface area contributed by atoms with Gasteiger partial charge in [-0.1, -0.05) is 24.9 Å². The van der Waals surface area contributed by atoms with Crippen LogP contribution in [0.25, 0.3) is 11.4 Å². The first kappa shape index (κ1) is 14.7. The van der Waals surface area contributed by atoms with E-state index in [1.54, 1.807) is 30.0 Å². The summed E-state index contributed by atoms with van der Waals surface area (Å²) >= 11 is 6.03. The Morgan fingerprint density at radius 2 is 2.25 bits per heavy atom. The molecule has 1 aromatic heterocycles. The van der Waals surface area contributed by atoms with E-state index < -0.39 is 0 Å². The first-order chi connectivity index (χ1) is 9.67. The summed E-state index contributed by atoms with van der Waals surface area (Å²) in [7, 11) is 1.67. The molecule has 0 aliphatic rings. The fourth-order valence-electron chi connectivity index (χ4n) is 2.14. The van der Waals surface area contributed by atoms with Crippen LogP contribution >= 0.6 is 11.6 Å². The minimum absolute atomic E-state index is 0.0772. The van der Waals surface area contributed by atoms with Crippen molar-refractivity contribution in [2.75, 3.05) is 19.5 Å². The van der Waals surface area contributed by atoms with Gasteiger partial charge in [0.25, 0.3) is 0 Å². The SMILES string of the molecule is CCCC(COC)n1nnnc1-c1cc(Cl)ccc1N. The molecule has 2 rings (SSSR count). The smallest absolute Gasteiger partial charge is 0.184 e. The van der Waals surface area contributed by atoms with Gasteiger partial charge in [0.1, 0.15) is 0 Å². The highest BCUT2D eigenvalue weighted by Gasteiger charge is 2.19. The number of tetrazole rings is 1. The van der Waals surface area contributed by atoms with Gasteiger partial charge in [0.05, 0.1) is 12.6 Å². The topological polar surface area (TPSA) is 78.8 Å². The summed E-state index contributed by atoms with van der Waals surface area (Å²) in [5.74, 6) is 0.612. The molecule has 0 spiro atoms. The molecule has 1 heterocycles. The fourth-order valence-corrected chi connectivity index (χ4v) is 2.31. The Kier molecular flexibility index (Phi) is 4.92. The molecule has 7 heteroatoms. The third kappa shape index (κ3) is 3.08. The van der Waals surface area contributed by atoms with Crippen molar-refractivity contribution in [3.63, 3.8) is 0 Å². The lowest BCUT2D eigenvalue weighted by Gasteiger charge is -2.17. The van der Waals surface area contributed by atoms with Crippen LogP contribution in [0.15, 0.2) is 18.2 Å². The summed E-state index contributed by atoms with van der Waals surface area (Å²) in [5, 5.41) is 12.5. The monoisotopic (exact) mass is 295 g/mol. The number of aromatic nitrogens is 4. The molecule has 0 amide bonds. The van der Waals surface area contributed by atoms with E-state index in [9.17, 15) is 0 Å². The number of benzene rings is 1. The zero-order valence-electron chi connectivity index (χ0n) is 11.6. The van der Waals surface area contributed by atoms with Crippen molar-refractivity contribution in [3.8, 4) is 11.4 Å². The molecular formula is C13H18ClN5O. The third-order valence-corrected chi connectivity index (χ3v) is 3.31. The lowest BCUT2D eigenvalue weighted by molar-refractivity contribution is 0.144. The van der Waals surface area contributed by atoms with E-state index in [4.69, 9.17) is 22.1 Å². The van der Waals surface area contributed by atoms with Crippen molar-refractivity contribution in [3.05, 3.63) is 23.2 Å². The van der Waals surface area contributed by atoms with Crippen LogP contribution in [-0.2, 0) is 4.74 Å². The van der Waals surface area contributed by atoms with Crippen LogP contribution in [0.1, 0.15) is 25.8 Å². The lowest BCUT2D eigenvalue weighted by Crippen LogP contribution is -2.17. The molecular weight excluding hydrogens is 278 g/mol. The molecule has 0 saturated carbocycles. The van der Waals surface area contributed by atoms with Crippen LogP contribution in [-0.4, -0.2) is 33.9 Å². The molecule has 2 N–H and O–H groups in total. The van der Waals surface area contributed by atoms with Gasteiger partial charge in [0.2, 0.25) is 0 Å². The summed E-state index contributed by atoms with van der Waals surface area (Å²) in [6.45, 7) is 2.66. The second-order valence-corrected chi connectivity index (χ2v) is 5.01. The second kappa shape index (κ2) is 6.67. The molecule has 1 unspecified atom stereocenters. The van der Waals surface area contributed by atoms with Gasteiger partial charge in [0, 0.05) is 23.4 Å². The number of methoxy groups -OCH3 is 1. The van der Waals surface area contributed by atoms with Crippen LogP contribution in [0.5, 0.6) is 0 Å². The van der Waals surface area contributed by atoms with Crippen LogP contribution < -0.4 is 5.73 Å². The number of hydrogen-bond donors (Lipinski definition) is 1. The first-order valence-electron chi connectivity index (χ1n) is 6.49. The molecule has 108 valence electrons. The average molecular weight is 296 g/mol. The van der Waals surface area contributed by atoms with Gasteiger partial charge in [-0.25, -0.2) is 4.68 Å². The Hall–Kier alpha value is -1.66. The van der Waals surface area contributed by atoms with Crippen LogP contribution in [0.2, 0.25) is 5.02 Å². The Bertz CT molecular complexity index is 566. The number of anilines is 1. The summed E-state index contributed by atoms with van der Waals surface area (Å²) < 4.78 is 7.01. The number of nitrogen functional groups attached to an aromatic ring is 1. The Morgan fingerprint density at radius 3 is 2.95 bits per heavy atom. The average Bonchev–Trinajstić information content (AvgIpc) is 2.90. The molecule has 0 bridgehead atoms. The lowest BCUT2D eigenvalue weighted by atomic mass is 10.1. The van der Waals surface area contributed by atoms with E-state index in [0.717, 1.165) is 18.4 Å². The van der Waals surface area contributed by atoms with Gasteiger partial charge in [0.15, 0.2) is 5.82 Å². The molecule has 0 fully saturated rings. The number of ether oxygens (including phenoxy) is 1. The molecule has 20 heavy (non-hydrogen) atoms. The molecule has 0 aliphatic carbocycles. The third-order valence-electron chi connectivity index (χ3n) is 3.08. The van der Waals surface area contributed by atoms with Gasteiger partial charge < -0.3 is 10.5 Å². The standard InChI is InChI=1S/C13H18ClN5O/c1-3-4-10(8-20-2)19-13(16-17-18-19)11-7-9(14)5-6-12(11)15/h5-7,10H,3-4,8,15H2,1-2H3. The van der Waals surface area contributed by atoms with Crippen molar-refractivity contribution >= 4 is 17.3 Å². The van der Waals surface area contributed by atoms with E-state index in [-0.39, 0.29) is 6.04 Å². The van der Waals surface area contributed by atoms with Gasteiger partial charge >= 0.3 is 0 Å². The number of nitrogens with two attached hydrogens (primary N) is 1. The van der Waals surface area contributed by atoms with Crippen molar-refractivity contribution < 1.29 is 4.74 Å². The Morgan fingerprint density at radius 1 is 1.45 bits per heavy atom. The second-order valence-electron chi connectivity index (χ2n) is 4.58. The zero-order valence-corrected chi connectivity index (χ0v) is 12.3. The minimum Gasteiger partial charge on any atom is -0.398 e. The number of hydrogen-bond acceptors (Lipinski definition) is 5. The van der Waals surface area contributed by atoms with E-state index >= 15 is 0 Å². The highest BCUT2D eigenvalue weighted by molar-refractivity contribution is 6.31. The van der Waals surface area contributed by atoms with Crippen molar-refractivity contribution in [1.29, 1.82) is 0 Å². The zero-order chi connectivity index (χ0) is 14.5. The summed E-state index contributed by atoms with van der Waals surface area (Å²) in [6, 6.07) is 5.34. The Balaban J connectivity index is 2.43. The molecule has 1 atom stereocenters. The van der Waals surface area contributed by atoms with Gasteiger partial charge in [-0.2, -0.15) is 0 Å². The maximum Gasteiger partial charge on any atom is 0.184 e. The molecule has 1 aromatic carbocycles. The van der Waals surface area contributed by atoms with E-state index in [1.807, 2.05) is 0 Å². The van der Waals surface area contributed by atoms with Crippen LogP contribution in [0.3, 0.4) is 0 Å². The molecule has 6 nitrogen and oxygen atoms in total. The summed E-state index contributed by atoms with van der Waals surface area (Å²) in [6.07, 6.45) is 1.94. The Labute approximate surface area is 122 Å². The molecule has 0 aliphatic heterocycles. The highest BCUT2D eigenvalue weighted by Crippen LogP contribution is 2.29. The van der Waals surface area contributed by atoms with Crippen molar-refractivity contribution in [2.24, 2.45) is 0 Å². The maximum absolute atomic E-state index is 6.03. The first-order valence-corrected chi connectivity index (χ1v) is 6.87. The largest absolute Gasteiger partial charge is 0.398 e. The van der Waals surface area contributed by atoms with Crippen molar-refractivity contribution in [1.82, 2.24) is 20.2 Å². The maximum atomic E-state index is 6.03. The van der Waals surface area contributed by atoms with E-state index in [1.165, 1.54) is 0 Å². The van der Waals surface area contributed by atoms with Crippen LogP contribution in [0.4, 0.5) is 5.69 Å². The van der Waals surface area contributed by atoms with Crippen LogP contribution in [0, 0.1) is 0 Å². The summed E-state index contributed by atoms with van der Waals surface area (Å²) in [4.78, 5) is 0. The predicted molar refractivity (Wildman–Crippen MR) is 78.5 cm³/mol. The van der Waals surface area contributed by atoms with E-state index in [2.05, 4.69) is 22.4 Å². The molecule has 2 aromatic rings. The highest BCUT2D eigenvalue weighted by atomic mass is 35.5. The van der Waals surface area contributed by atoms with E-state index in [0.29, 0.717) is 23.1 Å². The quantitative estimate of drug-likeness (QED) is 0.829. The van der Waals surface area contributed by atoms with Gasteiger partial charge in [-0.05, 0) is 35.0 Å². The normalized spacial score (nSPS) is 12.6. The number of nitrogens with zero attached hydrogens (tertiary/aromatic N) is 4. The summed E-state index contributed by atoms with van der Waals surface area (Å²) in [5.41, 5.74) is 7.33. The number of rotatable bonds is 6. The van der Waals surface area contributed by atoms with Gasteiger partial charge in [-0.15, -0.1) is 5.10 Å².